The van der Waals surface area contributed by atoms with Crippen LogP contribution in [0.1, 0.15) is 16.6 Å². The first-order valence-corrected chi connectivity index (χ1v) is 8.34. The highest BCUT2D eigenvalue weighted by Gasteiger charge is 2.22. The van der Waals surface area contributed by atoms with Crippen LogP contribution in [0.25, 0.3) is 11.5 Å². The zero-order chi connectivity index (χ0) is 13.2. The van der Waals surface area contributed by atoms with Gasteiger partial charge in [-0.05, 0) is 24.6 Å². The number of aryl methyl sites for hydroxylation is 1. The number of benzene rings is 1. The van der Waals surface area contributed by atoms with Crippen LogP contribution in [0, 0.1) is 6.92 Å². The first-order chi connectivity index (χ1) is 9.24. The minimum atomic E-state index is 0.346. The van der Waals surface area contributed by atoms with Gasteiger partial charge in [0.15, 0.2) is 5.82 Å². The van der Waals surface area contributed by atoms with Crippen molar-refractivity contribution < 1.29 is 4.52 Å². The van der Waals surface area contributed by atoms with Gasteiger partial charge in [-0.1, -0.05) is 11.2 Å². The maximum atomic E-state index is 5.91. The van der Waals surface area contributed by atoms with Crippen LogP contribution in [0.3, 0.4) is 0 Å². The first kappa shape index (κ1) is 12.9. The van der Waals surface area contributed by atoms with Gasteiger partial charge in [-0.2, -0.15) is 16.7 Å². The Labute approximate surface area is 120 Å². The van der Waals surface area contributed by atoms with Gasteiger partial charge in [0.1, 0.15) is 0 Å². The minimum absolute atomic E-state index is 0.346. The summed E-state index contributed by atoms with van der Waals surface area (Å²) in [5.74, 6) is 4.76. The van der Waals surface area contributed by atoms with Gasteiger partial charge >= 0.3 is 0 Å². The molecular weight excluding hydrogens is 278 g/mol. The molecule has 2 aromatic rings. The highest BCUT2D eigenvalue weighted by atomic mass is 32.2. The third kappa shape index (κ3) is 2.74. The maximum absolute atomic E-state index is 5.91. The molecule has 1 aromatic carbocycles. The average molecular weight is 293 g/mol. The lowest BCUT2D eigenvalue weighted by molar-refractivity contribution is 0.423. The standard InChI is InChI=1S/C13H15N3OS2/c1-8-2-3-9(6-10(8)14)13-15-12(16-17-13)11-7-18-4-5-19-11/h2-3,6,11H,4-5,7,14H2,1H3. The van der Waals surface area contributed by atoms with Crippen molar-refractivity contribution in [2.24, 2.45) is 0 Å². The van der Waals surface area contributed by atoms with E-state index in [1.165, 1.54) is 5.75 Å². The number of hydrogen-bond acceptors (Lipinski definition) is 6. The fourth-order valence-corrected chi connectivity index (χ4v) is 4.48. The molecule has 1 aliphatic heterocycles. The molecular formula is C13H15N3OS2. The van der Waals surface area contributed by atoms with E-state index in [1.807, 2.05) is 48.6 Å². The van der Waals surface area contributed by atoms with Gasteiger partial charge < -0.3 is 10.3 Å². The molecule has 0 aliphatic carbocycles. The molecule has 4 nitrogen and oxygen atoms in total. The Morgan fingerprint density at radius 2 is 2.26 bits per heavy atom. The SMILES string of the molecule is Cc1ccc(-c2nc(C3CSCCS3)no2)cc1N. The molecule has 0 spiro atoms. The van der Waals surface area contributed by atoms with Crippen LogP contribution < -0.4 is 5.73 Å². The second kappa shape index (κ2) is 5.46. The Balaban J connectivity index is 1.85. The molecule has 1 aliphatic rings. The smallest absolute Gasteiger partial charge is 0.258 e. The van der Waals surface area contributed by atoms with Gasteiger partial charge in [0, 0.05) is 28.5 Å². The second-order valence-electron chi connectivity index (χ2n) is 4.46. The largest absolute Gasteiger partial charge is 0.398 e. The van der Waals surface area contributed by atoms with E-state index in [0.717, 1.165) is 34.1 Å². The Morgan fingerprint density at radius 1 is 1.37 bits per heavy atom. The Morgan fingerprint density at radius 3 is 3.00 bits per heavy atom. The predicted molar refractivity (Wildman–Crippen MR) is 81.4 cm³/mol. The summed E-state index contributed by atoms with van der Waals surface area (Å²) in [5.41, 5.74) is 8.60. The number of nitrogen functional groups attached to an aromatic ring is 1. The molecule has 0 amide bonds. The number of nitrogens with two attached hydrogens (primary N) is 1. The number of thioether (sulfide) groups is 2. The molecule has 100 valence electrons. The summed E-state index contributed by atoms with van der Waals surface area (Å²) in [6, 6.07) is 5.82. The molecule has 0 radical (unpaired) electrons. The van der Waals surface area contributed by atoms with Gasteiger partial charge in [0.25, 0.3) is 5.89 Å². The van der Waals surface area contributed by atoms with Gasteiger partial charge in [-0.15, -0.1) is 11.8 Å². The van der Waals surface area contributed by atoms with Crippen LogP contribution in [-0.2, 0) is 0 Å². The minimum Gasteiger partial charge on any atom is -0.398 e. The Bertz CT molecular complexity index is 579. The fraction of sp³-hybridized carbons (Fsp3) is 0.385. The molecule has 0 bridgehead atoms. The van der Waals surface area contributed by atoms with Crippen molar-refractivity contribution in [3.8, 4) is 11.5 Å². The topological polar surface area (TPSA) is 64.9 Å². The van der Waals surface area contributed by atoms with E-state index in [0.29, 0.717) is 11.1 Å². The zero-order valence-corrected chi connectivity index (χ0v) is 12.3. The molecule has 2 heterocycles. The van der Waals surface area contributed by atoms with Gasteiger partial charge in [0.05, 0.1) is 5.25 Å². The van der Waals surface area contributed by atoms with Crippen molar-refractivity contribution in [2.45, 2.75) is 12.2 Å². The third-order valence-electron chi connectivity index (χ3n) is 3.07. The molecule has 2 N–H and O–H groups in total. The van der Waals surface area contributed by atoms with E-state index in [-0.39, 0.29) is 0 Å². The highest BCUT2D eigenvalue weighted by Crippen LogP contribution is 2.36. The highest BCUT2D eigenvalue weighted by molar-refractivity contribution is 8.06. The molecule has 1 atom stereocenters. The Kier molecular flexibility index (Phi) is 3.70. The third-order valence-corrected chi connectivity index (χ3v) is 5.82. The number of nitrogens with zero attached hydrogens (tertiary/aromatic N) is 2. The molecule has 19 heavy (non-hydrogen) atoms. The summed E-state index contributed by atoms with van der Waals surface area (Å²) < 4.78 is 5.36. The molecule has 0 saturated carbocycles. The lowest BCUT2D eigenvalue weighted by Crippen LogP contribution is -2.07. The summed E-state index contributed by atoms with van der Waals surface area (Å²) in [6.45, 7) is 1.98. The maximum Gasteiger partial charge on any atom is 0.258 e. The lowest BCUT2D eigenvalue weighted by atomic mass is 10.1. The zero-order valence-electron chi connectivity index (χ0n) is 10.6. The van der Waals surface area contributed by atoms with Gasteiger partial charge in [-0.25, -0.2) is 0 Å². The quantitative estimate of drug-likeness (QED) is 0.858. The van der Waals surface area contributed by atoms with Crippen LogP contribution >= 0.6 is 23.5 Å². The molecule has 1 aromatic heterocycles. The fourth-order valence-electron chi connectivity index (χ4n) is 1.89. The molecule has 6 heteroatoms. The summed E-state index contributed by atoms with van der Waals surface area (Å²) in [7, 11) is 0. The predicted octanol–water partition coefficient (Wildman–Crippen LogP) is 3.15. The van der Waals surface area contributed by atoms with E-state index in [2.05, 4.69) is 10.1 Å². The van der Waals surface area contributed by atoms with Crippen molar-refractivity contribution in [1.29, 1.82) is 0 Å². The summed E-state index contributed by atoms with van der Waals surface area (Å²) in [4.78, 5) is 4.51. The van der Waals surface area contributed by atoms with Crippen molar-refractivity contribution in [1.82, 2.24) is 10.1 Å². The number of rotatable bonds is 2. The van der Waals surface area contributed by atoms with Gasteiger partial charge in [-0.3, -0.25) is 0 Å². The van der Waals surface area contributed by atoms with Crippen molar-refractivity contribution >= 4 is 29.2 Å². The molecule has 1 saturated heterocycles. The number of aromatic nitrogens is 2. The molecule has 3 rings (SSSR count). The van der Waals surface area contributed by atoms with E-state index < -0.39 is 0 Å². The van der Waals surface area contributed by atoms with E-state index in [9.17, 15) is 0 Å². The van der Waals surface area contributed by atoms with Crippen LogP contribution in [0.4, 0.5) is 5.69 Å². The van der Waals surface area contributed by atoms with E-state index in [4.69, 9.17) is 10.3 Å². The van der Waals surface area contributed by atoms with Crippen LogP contribution in [0.5, 0.6) is 0 Å². The Hall–Kier alpha value is -1.14. The average Bonchev–Trinajstić information content (AvgIpc) is 2.93. The van der Waals surface area contributed by atoms with Crippen LogP contribution in [-0.4, -0.2) is 27.4 Å². The normalized spacial score (nSPS) is 19.5. The summed E-state index contributed by atoms with van der Waals surface area (Å²) >= 11 is 3.84. The van der Waals surface area contributed by atoms with E-state index >= 15 is 0 Å². The molecule has 1 fully saturated rings. The monoisotopic (exact) mass is 293 g/mol. The second-order valence-corrected chi connectivity index (χ2v) is 6.92. The molecule has 1 unspecified atom stereocenters. The number of anilines is 1. The van der Waals surface area contributed by atoms with Gasteiger partial charge in [0.2, 0.25) is 0 Å². The summed E-state index contributed by atoms with van der Waals surface area (Å²) in [5, 5.41) is 4.45. The van der Waals surface area contributed by atoms with Crippen molar-refractivity contribution in [3.05, 3.63) is 29.6 Å². The van der Waals surface area contributed by atoms with Crippen molar-refractivity contribution in [3.63, 3.8) is 0 Å². The van der Waals surface area contributed by atoms with Crippen LogP contribution in [0.15, 0.2) is 22.7 Å². The lowest BCUT2D eigenvalue weighted by Gasteiger charge is -2.16. The van der Waals surface area contributed by atoms with Crippen LogP contribution in [0.2, 0.25) is 0 Å². The summed E-state index contributed by atoms with van der Waals surface area (Å²) in [6.07, 6.45) is 0. The van der Waals surface area contributed by atoms with E-state index in [1.54, 1.807) is 0 Å². The van der Waals surface area contributed by atoms with Crippen molar-refractivity contribution in [2.75, 3.05) is 23.0 Å². The first-order valence-electron chi connectivity index (χ1n) is 6.13. The number of hydrogen-bond donors (Lipinski definition) is 1.